The van der Waals surface area contributed by atoms with Crippen LogP contribution in [0.2, 0.25) is 5.02 Å². The highest BCUT2D eigenvalue weighted by Crippen LogP contribution is 2.39. The number of carbonyl (C=O) groups excluding carboxylic acids is 1. The third kappa shape index (κ3) is 4.28. The molecule has 2 rings (SSSR count). The summed E-state index contributed by atoms with van der Waals surface area (Å²) >= 11 is 5.63. The first-order chi connectivity index (χ1) is 12.0. The SMILES string of the molecule is CC(C)N(C(=O)c1cc([N+](=O)[O-])c(Cl)cc1C(F)(F)F)C1CCCCC1. The molecule has 1 amide bonds. The molecule has 0 saturated heterocycles. The van der Waals surface area contributed by atoms with E-state index in [0.717, 1.165) is 19.3 Å². The van der Waals surface area contributed by atoms with Gasteiger partial charge >= 0.3 is 6.18 Å². The highest BCUT2D eigenvalue weighted by Gasteiger charge is 2.40. The van der Waals surface area contributed by atoms with Crippen LogP contribution in [0.25, 0.3) is 0 Å². The summed E-state index contributed by atoms with van der Waals surface area (Å²) in [5.74, 6) is -0.848. The van der Waals surface area contributed by atoms with Gasteiger partial charge in [-0.1, -0.05) is 30.9 Å². The second-order valence-electron chi connectivity index (χ2n) is 6.70. The smallest absolute Gasteiger partial charge is 0.333 e. The van der Waals surface area contributed by atoms with Crippen molar-refractivity contribution in [1.29, 1.82) is 0 Å². The number of halogens is 4. The van der Waals surface area contributed by atoms with Crippen LogP contribution >= 0.6 is 11.6 Å². The maximum Gasteiger partial charge on any atom is 0.417 e. The van der Waals surface area contributed by atoms with Crippen molar-refractivity contribution in [3.8, 4) is 0 Å². The van der Waals surface area contributed by atoms with E-state index in [2.05, 4.69) is 0 Å². The molecule has 1 saturated carbocycles. The minimum Gasteiger partial charge on any atom is -0.333 e. The van der Waals surface area contributed by atoms with Crippen molar-refractivity contribution < 1.29 is 22.9 Å². The summed E-state index contributed by atoms with van der Waals surface area (Å²) in [5, 5.41) is 10.4. The molecule has 1 fully saturated rings. The van der Waals surface area contributed by atoms with Crippen molar-refractivity contribution in [1.82, 2.24) is 4.90 Å². The lowest BCUT2D eigenvalue weighted by molar-refractivity contribution is -0.384. The Kier molecular flexibility index (Phi) is 6.16. The molecule has 1 aromatic rings. The summed E-state index contributed by atoms with van der Waals surface area (Å²) in [7, 11) is 0. The zero-order valence-electron chi connectivity index (χ0n) is 14.5. The van der Waals surface area contributed by atoms with Gasteiger partial charge in [0.25, 0.3) is 11.6 Å². The fourth-order valence-electron chi connectivity index (χ4n) is 3.43. The molecule has 0 aromatic heterocycles. The Hall–Kier alpha value is -1.83. The molecule has 1 aromatic carbocycles. The molecular weight excluding hydrogens is 373 g/mol. The molecule has 0 heterocycles. The lowest BCUT2D eigenvalue weighted by Gasteiger charge is -2.37. The number of nitrogens with zero attached hydrogens (tertiary/aromatic N) is 2. The van der Waals surface area contributed by atoms with Crippen LogP contribution in [-0.4, -0.2) is 27.8 Å². The number of hydrogen-bond donors (Lipinski definition) is 0. The van der Waals surface area contributed by atoms with Gasteiger partial charge in [0.1, 0.15) is 5.02 Å². The Morgan fingerprint density at radius 3 is 2.31 bits per heavy atom. The lowest BCUT2D eigenvalue weighted by Crippen LogP contribution is -2.46. The van der Waals surface area contributed by atoms with E-state index in [4.69, 9.17) is 11.6 Å². The number of hydrogen-bond acceptors (Lipinski definition) is 3. The second kappa shape index (κ2) is 7.82. The fourth-order valence-corrected chi connectivity index (χ4v) is 3.67. The first kappa shape index (κ1) is 20.5. The molecule has 0 atom stereocenters. The van der Waals surface area contributed by atoms with Gasteiger partial charge in [-0.15, -0.1) is 0 Å². The Balaban J connectivity index is 2.57. The van der Waals surface area contributed by atoms with Crippen molar-refractivity contribution in [3.05, 3.63) is 38.4 Å². The topological polar surface area (TPSA) is 63.5 Å². The summed E-state index contributed by atoms with van der Waals surface area (Å²) < 4.78 is 40.3. The molecule has 144 valence electrons. The molecule has 0 aliphatic heterocycles. The van der Waals surface area contributed by atoms with Crippen LogP contribution in [0.5, 0.6) is 0 Å². The molecule has 0 N–H and O–H groups in total. The van der Waals surface area contributed by atoms with E-state index in [-0.39, 0.29) is 12.1 Å². The van der Waals surface area contributed by atoms with Gasteiger partial charge in [-0.3, -0.25) is 14.9 Å². The molecule has 0 radical (unpaired) electrons. The molecule has 0 spiro atoms. The Bertz CT molecular complexity index is 701. The Morgan fingerprint density at radius 2 is 1.85 bits per heavy atom. The van der Waals surface area contributed by atoms with Gasteiger partial charge in [0, 0.05) is 18.2 Å². The van der Waals surface area contributed by atoms with Crippen LogP contribution in [0.1, 0.15) is 61.9 Å². The van der Waals surface area contributed by atoms with E-state index in [1.165, 1.54) is 4.90 Å². The highest BCUT2D eigenvalue weighted by molar-refractivity contribution is 6.33. The molecular formula is C17H20ClF3N2O3. The van der Waals surface area contributed by atoms with E-state index >= 15 is 0 Å². The maximum atomic E-state index is 13.4. The minimum absolute atomic E-state index is 0.174. The van der Waals surface area contributed by atoms with Gasteiger partial charge in [0.15, 0.2) is 0 Å². The van der Waals surface area contributed by atoms with Crippen LogP contribution in [0.15, 0.2) is 12.1 Å². The van der Waals surface area contributed by atoms with Crippen molar-refractivity contribution >= 4 is 23.2 Å². The van der Waals surface area contributed by atoms with Crippen molar-refractivity contribution in [2.75, 3.05) is 0 Å². The molecule has 0 bridgehead atoms. The average Bonchev–Trinajstić information content (AvgIpc) is 2.54. The van der Waals surface area contributed by atoms with Gasteiger partial charge in [-0.2, -0.15) is 13.2 Å². The Morgan fingerprint density at radius 1 is 1.27 bits per heavy atom. The summed E-state index contributed by atoms with van der Waals surface area (Å²) in [6, 6.07) is 0.603. The van der Waals surface area contributed by atoms with Crippen LogP contribution in [0.3, 0.4) is 0 Å². The predicted octanol–water partition coefficient (Wildman–Crippen LogP) is 5.45. The fraction of sp³-hybridized carbons (Fsp3) is 0.588. The minimum atomic E-state index is -4.85. The summed E-state index contributed by atoms with van der Waals surface area (Å²) in [4.78, 5) is 24.6. The molecule has 1 aliphatic rings. The van der Waals surface area contributed by atoms with Gasteiger partial charge in [0.2, 0.25) is 0 Å². The molecule has 1 aliphatic carbocycles. The maximum absolute atomic E-state index is 13.4. The number of alkyl halides is 3. The van der Waals surface area contributed by atoms with E-state index in [9.17, 15) is 28.1 Å². The average molecular weight is 393 g/mol. The van der Waals surface area contributed by atoms with Crippen LogP contribution in [0, 0.1) is 10.1 Å². The molecule has 26 heavy (non-hydrogen) atoms. The number of nitro groups is 1. The molecule has 9 heteroatoms. The van der Waals surface area contributed by atoms with E-state index < -0.39 is 38.8 Å². The summed E-state index contributed by atoms with van der Waals surface area (Å²) in [6.45, 7) is 3.45. The lowest BCUT2D eigenvalue weighted by atomic mass is 9.92. The molecule has 5 nitrogen and oxygen atoms in total. The largest absolute Gasteiger partial charge is 0.417 e. The highest BCUT2D eigenvalue weighted by atomic mass is 35.5. The zero-order valence-corrected chi connectivity index (χ0v) is 15.2. The third-order valence-corrected chi connectivity index (χ3v) is 4.88. The number of benzene rings is 1. The standard InChI is InChI=1S/C17H20ClF3N2O3/c1-10(2)22(11-6-4-3-5-7-11)16(24)12-8-15(23(25)26)14(18)9-13(12)17(19,20)21/h8-11H,3-7H2,1-2H3. The number of carbonyl (C=O) groups is 1. The number of amides is 1. The van der Waals surface area contributed by atoms with Gasteiger partial charge in [-0.25, -0.2) is 0 Å². The number of rotatable bonds is 4. The summed E-state index contributed by atoms with van der Waals surface area (Å²) in [5.41, 5.74) is -2.69. The number of nitro benzene ring substituents is 1. The second-order valence-corrected chi connectivity index (χ2v) is 7.11. The first-order valence-corrected chi connectivity index (χ1v) is 8.79. The third-order valence-electron chi connectivity index (χ3n) is 4.58. The van der Waals surface area contributed by atoms with E-state index in [1.807, 2.05) is 0 Å². The van der Waals surface area contributed by atoms with Crippen molar-refractivity contribution in [2.24, 2.45) is 0 Å². The van der Waals surface area contributed by atoms with E-state index in [1.54, 1.807) is 13.8 Å². The van der Waals surface area contributed by atoms with Crippen molar-refractivity contribution in [3.63, 3.8) is 0 Å². The van der Waals surface area contributed by atoms with Gasteiger partial charge in [-0.05, 0) is 32.8 Å². The summed E-state index contributed by atoms with van der Waals surface area (Å²) in [6.07, 6.45) is -0.611. The van der Waals surface area contributed by atoms with Gasteiger partial charge < -0.3 is 4.90 Å². The quantitative estimate of drug-likeness (QED) is 0.505. The van der Waals surface area contributed by atoms with Crippen LogP contribution in [-0.2, 0) is 6.18 Å². The predicted molar refractivity (Wildman–Crippen MR) is 91.3 cm³/mol. The van der Waals surface area contributed by atoms with Crippen LogP contribution in [0.4, 0.5) is 18.9 Å². The monoisotopic (exact) mass is 392 g/mol. The van der Waals surface area contributed by atoms with Crippen LogP contribution < -0.4 is 0 Å². The first-order valence-electron chi connectivity index (χ1n) is 8.41. The molecule has 0 unspecified atom stereocenters. The Labute approximate surface area is 154 Å². The van der Waals surface area contributed by atoms with Gasteiger partial charge in [0.05, 0.1) is 16.1 Å². The van der Waals surface area contributed by atoms with Crippen molar-refractivity contribution in [2.45, 2.75) is 64.2 Å². The van der Waals surface area contributed by atoms with E-state index in [0.29, 0.717) is 25.0 Å². The zero-order chi connectivity index (χ0) is 19.6. The normalized spacial score (nSPS) is 16.0.